The van der Waals surface area contributed by atoms with E-state index in [2.05, 4.69) is 15.2 Å². The molecule has 26 heavy (non-hydrogen) atoms. The number of benzene rings is 1. The lowest BCUT2D eigenvalue weighted by Crippen LogP contribution is -2.53. The van der Waals surface area contributed by atoms with Gasteiger partial charge in [-0.05, 0) is 31.2 Å². The van der Waals surface area contributed by atoms with E-state index < -0.39 is 29.4 Å². The van der Waals surface area contributed by atoms with Crippen molar-refractivity contribution in [3.8, 4) is 0 Å². The Bertz CT molecular complexity index is 780. The Kier molecular flexibility index (Phi) is 5.41. The smallest absolute Gasteiger partial charge is 0.241 e. The molecule has 8 heteroatoms. The first-order valence-corrected chi connectivity index (χ1v) is 8.31. The molecular formula is C18H19F3N4O. The molecule has 1 fully saturated rings. The number of carbonyl (C=O) groups excluding carboxylic acids is 1. The first-order valence-electron chi connectivity index (χ1n) is 8.31. The number of amides is 1. The topological polar surface area (TPSA) is 48.5 Å². The number of rotatable bonds is 4. The van der Waals surface area contributed by atoms with Crippen molar-refractivity contribution < 1.29 is 18.0 Å². The van der Waals surface area contributed by atoms with Crippen molar-refractivity contribution in [3.63, 3.8) is 0 Å². The number of anilines is 2. The van der Waals surface area contributed by atoms with Crippen LogP contribution in [0.2, 0.25) is 0 Å². The molecule has 1 aromatic carbocycles. The van der Waals surface area contributed by atoms with E-state index in [0.29, 0.717) is 26.2 Å². The number of nitrogens with one attached hydrogen (secondary N) is 1. The van der Waals surface area contributed by atoms with Crippen LogP contribution in [0.5, 0.6) is 0 Å². The third-order valence-corrected chi connectivity index (χ3v) is 4.51. The van der Waals surface area contributed by atoms with E-state index in [9.17, 15) is 18.0 Å². The highest BCUT2D eigenvalue weighted by Gasteiger charge is 2.27. The molecule has 2 aromatic rings. The van der Waals surface area contributed by atoms with Crippen LogP contribution < -0.4 is 10.2 Å². The molecule has 0 bridgehead atoms. The Hall–Kier alpha value is -2.61. The van der Waals surface area contributed by atoms with E-state index in [1.807, 2.05) is 23.1 Å². The molecule has 1 amide bonds. The molecule has 1 N–H and O–H groups in total. The number of nitrogens with zero attached hydrogens (tertiary/aromatic N) is 3. The standard InChI is InChI=1S/C18H19F3N4O/c1-12(18(26)23-14-6-5-13(19)16(20)17(14)21)24-8-10-25(11-9-24)15-4-2-3-7-22-15/h2-7,12H,8-11H2,1H3,(H,23,26)/t12-/m0/s1. The van der Waals surface area contributed by atoms with Gasteiger partial charge in [0, 0.05) is 32.4 Å². The average molecular weight is 364 g/mol. The predicted octanol–water partition coefficient (Wildman–Crippen LogP) is 2.65. The fourth-order valence-electron chi connectivity index (χ4n) is 2.90. The fraction of sp³-hybridized carbons (Fsp3) is 0.333. The molecule has 0 spiro atoms. The molecule has 0 radical (unpaired) electrons. The molecule has 1 aliphatic heterocycles. The zero-order valence-corrected chi connectivity index (χ0v) is 14.3. The number of halogens is 3. The van der Waals surface area contributed by atoms with Crippen molar-refractivity contribution in [2.45, 2.75) is 13.0 Å². The van der Waals surface area contributed by atoms with Gasteiger partial charge in [-0.1, -0.05) is 6.07 Å². The van der Waals surface area contributed by atoms with Crippen LogP contribution in [-0.4, -0.2) is 48.0 Å². The largest absolute Gasteiger partial charge is 0.354 e. The average Bonchev–Trinajstić information content (AvgIpc) is 2.68. The number of pyridine rings is 1. The molecule has 138 valence electrons. The van der Waals surface area contributed by atoms with Crippen LogP contribution in [0.15, 0.2) is 36.5 Å². The third kappa shape index (κ3) is 3.80. The highest BCUT2D eigenvalue weighted by Crippen LogP contribution is 2.20. The lowest BCUT2D eigenvalue weighted by Gasteiger charge is -2.37. The summed E-state index contributed by atoms with van der Waals surface area (Å²) in [5.41, 5.74) is -0.368. The van der Waals surface area contributed by atoms with Gasteiger partial charge in [-0.3, -0.25) is 9.69 Å². The summed E-state index contributed by atoms with van der Waals surface area (Å²) in [7, 11) is 0. The van der Waals surface area contributed by atoms with E-state index >= 15 is 0 Å². The minimum atomic E-state index is -1.60. The lowest BCUT2D eigenvalue weighted by molar-refractivity contribution is -0.120. The minimum Gasteiger partial charge on any atom is -0.354 e. The highest BCUT2D eigenvalue weighted by atomic mass is 19.2. The highest BCUT2D eigenvalue weighted by molar-refractivity contribution is 5.94. The Balaban J connectivity index is 1.59. The number of carbonyl (C=O) groups is 1. The van der Waals surface area contributed by atoms with Crippen molar-refractivity contribution in [3.05, 3.63) is 54.0 Å². The summed E-state index contributed by atoms with van der Waals surface area (Å²) in [6, 6.07) is 6.96. The maximum atomic E-state index is 13.7. The van der Waals surface area contributed by atoms with Gasteiger partial charge in [0.25, 0.3) is 0 Å². The second kappa shape index (κ2) is 7.74. The van der Waals surface area contributed by atoms with E-state index in [4.69, 9.17) is 0 Å². The quantitative estimate of drug-likeness (QED) is 0.848. The number of hydrogen-bond acceptors (Lipinski definition) is 4. The number of hydrogen-bond donors (Lipinski definition) is 1. The van der Waals surface area contributed by atoms with Crippen molar-refractivity contribution in [1.82, 2.24) is 9.88 Å². The molecule has 1 atom stereocenters. The molecule has 0 unspecified atom stereocenters. The SMILES string of the molecule is C[C@@H](C(=O)Nc1ccc(F)c(F)c1F)N1CCN(c2ccccn2)CC1. The summed E-state index contributed by atoms with van der Waals surface area (Å²) in [6.07, 6.45) is 1.73. The van der Waals surface area contributed by atoms with E-state index in [1.54, 1.807) is 13.1 Å². The number of aromatic nitrogens is 1. The first-order chi connectivity index (χ1) is 12.5. The Morgan fingerprint density at radius 2 is 1.81 bits per heavy atom. The minimum absolute atomic E-state index is 0.368. The molecule has 1 saturated heterocycles. The van der Waals surface area contributed by atoms with Gasteiger partial charge in [-0.15, -0.1) is 0 Å². The maximum Gasteiger partial charge on any atom is 0.241 e. The molecule has 3 rings (SSSR count). The zero-order chi connectivity index (χ0) is 18.7. The molecular weight excluding hydrogens is 345 g/mol. The summed E-state index contributed by atoms with van der Waals surface area (Å²) in [5.74, 6) is -3.88. The Morgan fingerprint density at radius 3 is 2.46 bits per heavy atom. The fourth-order valence-corrected chi connectivity index (χ4v) is 2.90. The second-order valence-corrected chi connectivity index (χ2v) is 6.10. The molecule has 1 aromatic heterocycles. The Morgan fingerprint density at radius 1 is 1.08 bits per heavy atom. The molecule has 2 heterocycles. The van der Waals surface area contributed by atoms with Crippen molar-refractivity contribution in [1.29, 1.82) is 0 Å². The van der Waals surface area contributed by atoms with Gasteiger partial charge < -0.3 is 10.2 Å². The van der Waals surface area contributed by atoms with Crippen molar-refractivity contribution in [2.75, 3.05) is 36.4 Å². The van der Waals surface area contributed by atoms with Gasteiger partial charge in [-0.2, -0.15) is 0 Å². The molecule has 0 saturated carbocycles. The molecule has 0 aliphatic carbocycles. The maximum absolute atomic E-state index is 13.7. The van der Waals surface area contributed by atoms with Gasteiger partial charge in [0.2, 0.25) is 5.91 Å². The van der Waals surface area contributed by atoms with E-state index in [-0.39, 0.29) is 5.69 Å². The molecule has 1 aliphatic rings. The van der Waals surface area contributed by atoms with Crippen molar-refractivity contribution >= 4 is 17.4 Å². The normalized spacial score (nSPS) is 16.4. The van der Waals surface area contributed by atoms with Crippen LogP contribution in [0.25, 0.3) is 0 Å². The lowest BCUT2D eigenvalue weighted by atomic mass is 10.2. The van der Waals surface area contributed by atoms with Crippen LogP contribution in [-0.2, 0) is 4.79 Å². The molecule has 5 nitrogen and oxygen atoms in total. The van der Waals surface area contributed by atoms with Crippen molar-refractivity contribution in [2.24, 2.45) is 0 Å². The van der Waals surface area contributed by atoms with Gasteiger partial charge in [-0.25, -0.2) is 18.2 Å². The number of piperazine rings is 1. The van der Waals surface area contributed by atoms with Crippen LogP contribution in [0, 0.1) is 17.5 Å². The van der Waals surface area contributed by atoms with E-state index in [0.717, 1.165) is 18.0 Å². The van der Waals surface area contributed by atoms with Gasteiger partial charge in [0.05, 0.1) is 11.7 Å². The van der Waals surface area contributed by atoms with Gasteiger partial charge >= 0.3 is 0 Å². The summed E-state index contributed by atoms with van der Waals surface area (Å²) in [5, 5.41) is 2.33. The van der Waals surface area contributed by atoms with Crippen LogP contribution in [0.3, 0.4) is 0 Å². The monoisotopic (exact) mass is 364 g/mol. The van der Waals surface area contributed by atoms with E-state index in [1.165, 1.54) is 0 Å². The second-order valence-electron chi connectivity index (χ2n) is 6.10. The summed E-state index contributed by atoms with van der Waals surface area (Å²) in [6.45, 7) is 4.36. The van der Waals surface area contributed by atoms with Crippen LogP contribution >= 0.6 is 0 Å². The Labute approximate surface area is 149 Å². The van der Waals surface area contributed by atoms with Gasteiger partial charge in [0.1, 0.15) is 5.82 Å². The van der Waals surface area contributed by atoms with Crippen LogP contribution in [0.4, 0.5) is 24.7 Å². The predicted molar refractivity (Wildman–Crippen MR) is 92.4 cm³/mol. The summed E-state index contributed by atoms with van der Waals surface area (Å²) in [4.78, 5) is 20.7. The third-order valence-electron chi connectivity index (χ3n) is 4.51. The summed E-state index contributed by atoms with van der Waals surface area (Å²) >= 11 is 0. The van der Waals surface area contributed by atoms with Crippen LogP contribution in [0.1, 0.15) is 6.92 Å². The first kappa shape index (κ1) is 18.2. The zero-order valence-electron chi connectivity index (χ0n) is 14.3. The summed E-state index contributed by atoms with van der Waals surface area (Å²) < 4.78 is 40.0. The van der Waals surface area contributed by atoms with Gasteiger partial charge in [0.15, 0.2) is 17.5 Å².